The predicted molar refractivity (Wildman–Crippen MR) is 148 cm³/mol. The Balaban J connectivity index is 1.04. The summed E-state index contributed by atoms with van der Waals surface area (Å²) in [4.78, 5) is 28.2. The summed E-state index contributed by atoms with van der Waals surface area (Å²) < 4.78 is 27.9. The van der Waals surface area contributed by atoms with Crippen LogP contribution >= 0.6 is 0 Å². The Hall–Kier alpha value is -4.40. The van der Waals surface area contributed by atoms with Gasteiger partial charge in [0.05, 0.1) is 47.4 Å². The Morgan fingerprint density at radius 1 is 1.24 bits per heavy atom. The smallest absolute Gasteiger partial charge is 0.335 e. The van der Waals surface area contributed by atoms with Crippen LogP contribution in [0.5, 0.6) is 5.88 Å². The molecule has 3 aliphatic rings. The van der Waals surface area contributed by atoms with Crippen LogP contribution in [0.25, 0.3) is 11.0 Å². The molecule has 0 radical (unpaired) electrons. The summed E-state index contributed by atoms with van der Waals surface area (Å²) in [6.07, 6.45) is 4.69. The lowest BCUT2D eigenvalue weighted by molar-refractivity contribution is -0.0592. The molecule has 3 atom stereocenters. The van der Waals surface area contributed by atoms with Gasteiger partial charge in [-0.2, -0.15) is 10.2 Å². The minimum Gasteiger partial charge on any atom is -0.478 e. The number of imidazole rings is 1. The van der Waals surface area contributed by atoms with Crippen molar-refractivity contribution in [2.24, 2.45) is 5.92 Å². The average molecular weight is 569 g/mol. The van der Waals surface area contributed by atoms with Gasteiger partial charge < -0.3 is 19.1 Å². The van der Waals surface area contributed by atoms with Crippen molar-refractivity contribution in [3.8, 4) is 11.9 Å². The Morgan fingerprint density at radius 2 is 2.12 bits per heavy atom. The Labute approximate surface area is 241 Å². The summed E-state index contributed by atoms with van der Waals surface area (Å²) in [6, 6.07) is 13.0. The number of benzene rings is 2. The second kappa shape index (κ2) is 10.5. The highest BCUT2D eigenvalue weighted by Crippen LogP contribution is 2.58. The number of ether oxygens (including phenoxy) is 2. The summed E-state index contributed by atoms with van der Waals surface area (Å²) in [7, 11) is 0. The second-order valence-corrected chi connectivity index (χ2v) is 11.4. The molecule has 4 aromatic rings. The van der Waals surface area contributed by atoms with Crippen molar-refractivity contribution in [3.05, 3.63) is 82.8 Å². The molecular weight excluding hydrogens is 539 g/mol. The third-order valence-corrected chi connectivity index (χ3v) is 8.84. The van der Waals surface area contributed by atoms with Crippen LogP contribution in [0.4, 0.5) is 4.39 Å². The molecule has 0 bridgehead atoms. The zero-order valence-electron chi connectivity index (χ0n) is 22.9. The van der Waals surface area contributed by atoms with Crippen LogP contribution in [0.3, 0.4) is 0 Å². The first-order valence-corrected chi connectivity index (χ1v) is 14.1. The molecule has 0 spiro atoms. The minimum absolute atomic E-state index is 0.0130. The topological polar surface area (TPSA) is 126 Å². The molecule has 0 amide bonds. The average Bonchev–Trinajstić information content (AvgIpc) is 3.62. The number of aromatic nitrogens is 4. The molecule has 7 rings (SSSR count). The molecule has 11 heteroatoms. The molecule has 2 aromatic carbocycles. The van der Waals surface area contributed by atoms with E-state index < -0.39 is 11.8 Å². The number of rotatable bonds is 9. The number of fused-ring (bicyclic) bond motifs is 2. The fourth-order valence-electron chi connectivity index (χ4n) is 6.23. The van der Waals surface area contributed by atoms with Crippen molar-refractivity contribution in [2.45, 2.75) is 50.5 Å². The molecule has 42 heavy (non-hydrogen) atoms. The highest BCUT2D eigenvalue weighted by atomic mass is 19.1. The molecule has 1 saturated carbocycles. The number of carboxylic acid groups (broad SMARTS) is 1. The van der Waals surface area contributed by atoms with Gasteiger partial charge in [-0.1, -0.05) is 6.07 Å². The molecule has 3 fully saturated rings. The molecule has 1 N–H and O–H groups in total. The molecule has 2 aromatic heterocycles. The molecule has 4 heterocycles. The SMILES string of the molecule is N#Cc1ccc(COc2ccnc(C34CCN(Cc5nc6ccc(C(=O)O)cc6n5C[C@@H]5CCO5)CC3C4)n2)c(F)c1. The quantitative estimate of drug-likeness (QED) is 0.318. The number of halogens is 1. The van der Waals surface area contributed by atoms with Crippen LogP contribution in [0, 0.1) is 23.1 Å². The van der Waals surface area contributed by atoms with Crippen LogP contribution in [0.1, 0.15) is 52.4 Å². The number of hydrogen-bond acceptors (Lipinski definition) is 8. The van der Waals surface area contributed by atoms with Crippen molar-refractivity contribution in [3.63, 3.8) is 0 Å². The molecule has 214 valence electrons. The van der Waals surface area contributed by atoms with E-state index in [1.165, 1.54) is 6.07 Å². The van der Waals surface area contributed by atoms with Crippen molar-refractivity contribution in [1.82, 2.24) is 24.4 Å². The number of carboxylic acids is 1. The van der Waals surface area contributed by atoms with Gasteiger partial charge in [0.1, 0.15) is 24.1 Å². The molecule has 2 aliphatic heterocycles. The van der Waals surface area contributed by atoms with Crippen LogP contribution in [-0.2, 0) is 29.8 Å². The molecule has 1 aliphatic carbocycles. The molecular formula is C31H29FN6O4. The van der Waals surface area contributed by atoms with E-state index in [9.17, 15) is 14.3 Å². The maximum atomic E-state index is 14.3. The van der Waals surface area contributed by atoms with Crippen molar-refractivity contribution in [1.29, 1.82) is 5.26 Å². The number of nitrogens with zero attached hydrogens (tertiary/aromatic N) is 6. The van der Waals surface area contributed by atoms with Crippen molar-refractivity contribution in [2.75, 3.05) is 19.7 Å². The molecule has 2 unspecified atom stereocenters. The lowest BCUT2D eigenvalue weighted by Crippen LogP contribution is -2.38. The number of piperidine rings is 1. The highest BCUT2D eigenvalue weighted by Gasteiger charge is 2.59. The van der Waals surface area contributed by atoms with Gasteiger partial charge in [0.2, 0.25) is 5.88 Å². The fraction of sp³-hybridized carbons (Fsp3) is 0.387. The number of hydrogen-bond donors (Lipinski definition) is 1. The van der Waals surface area contributed by atoms with Crippen molar-refractivity contribution < 1.29 is 23.8 Å². The Bertz CT molecular complexity index is 1730. The second-order valence-electron chi connectivity index (χ2n) is 11.4. The van der Waals surface area contributed by atoms with E-state index in [-0.39, 0.29) is 29.3 Å². The Kier molecular flexibility index (Phi) is 6.60. The highest BCUT2D eigenvalue weighted by molar-refractivity contribution is 5.92. The number of likely N-dealkylation sites (tertiary alicyclic amines) is 1. The Morgan fingerprint density at radius 3 is 2.86 bits per heavy atom. The van der Waals surface area contributed by atoms with Gasteiger partial charge >= 0.3 is 5.97 Å². The minimum atomic E-state index is -0.953. The third kappa shape index (κ3) is 4.86. The van der Waals surface area contributed by atoms with E-state index in [1.54, 1.807) is 42.6 Å². The standard InChI is InChI=1S/C31H29FN6O4/c32-24-11-19(14-33)1-2-21(24)18-42-28-5-8-34-30(36-28)31-7-9-37(15-22(31)13-31)17-27-35-25-4-3-20(29(39)40)12-26(25)38(27)16-23-6-10-41-23/h1-5,8,11-12,22-23H,6-7,9-10,13,15-18H2,(H,39,40)/t22?,23-,31?/m0/s1. The lowest BCUT2D eigenvalue weighted by atomic mass is 9.94. The lowest BCUT2D eigenvalue weighted by Gasteiger charge is -2.31. The van der Waals surface area contributed by atoms with Gasteiger partial charge in [-0.15, -0.1) is 0 Å². The monoisotopic (exact) mass is 568 g/mol. The zero-order chi connectivity index (χ0) is 28.8. The summed E-state index contributed by atoms with van der Waals surface area (Å²) in [6.45, 7) is 3.82. The van der Waals surface area contributed by atoms with Crippen LogP contribution in [-0.4, -0.2) is 61.3 Å². The van der Waals surface area contributed by atoms with Gasteiger partial charge in [-0.25, -0.2) is 19.2 Å². The summed E-state index contributed by atoms with van der Waals surface area (Å²) in [5, 5.41) is 18.5. The maximum Gasteiger partial charge on any atom is 0.335 e. The van der Waals surface area contributed by atoms with Gasteiger partial charge in [0, 0.05) is 36.4 Å². The van der Waals surface area contributed by atoms with Gasteiger partial charge in [-0.05, 0) is 62.1 Å². The largest absolute Gasteiger partial charge is 0.478 e. The first-order chi connectivity index (χ1) is 20.4. The van der Waals surface area contributed by atoms with E-state index >= 15 is 0 Å². The van der Waals surface area contributed by atoms with E-state index in [4.69, 9.17) is 24.7 Å². The fourth-order valence-corrected chi connectivity index (χ4v) is 6.23. The van der Waals surface area contributed by atoms with Crippen LogP contribution in [0.15, 0.2) is 48.7 Å². The summed E-state index contributed by atoms with van der Waals surface area (Å²) >= 11 is 0. The normalized spacial score (nSPS) is 23.1. The van der Waals surface area contributed by atoms with Crippen molar-refractivity contribution >= 4 is 17.0 Å². The van der Waals surface area contributed by atoms with Gasteiger partial charge in [0.15, 0.2) is 0 Å². The first kappa shape index (κ1) is 26.5. The number of aromatic carboxylic acids is 1. The maximum absolute atomic E-state index is 14.3. The van der Waals surface area contributed by atoms with Crippen LogP contribution in [0.2, 0.25) is 0 Å². The van der Waals surface area contributed by atoms with E-state index in [0.717, 1.165) is 61.6 Å². The zero-order valence-corrected chi connectivity index (χ0v) is 22.9. The van der Waals surface area contributed by atoms with Gasteiger partial charge in [-0.3, -0.25) is 4.90 Å². The summed E-state index contributed by atoms with van der Waals surface area (Å²) in [5.74, 6) is 1.05. The number of carbonyl (C=O) groups is 1. The van der Waals surface area contributed by atoms with E-state index in [1.807, 2.05) is 6.07 Å². The predicted octanol–water partition coefficient (Wildman–Crippen LogP) is 4.07. The molecule has 2 saturated heterocycles. The first-order valence-electron chi connectivity index (χ1n) is 14.1. The van der Waals surface area contributed by atoms with E-state index in [0.29, 0.717) is 30.5 Å². The third-order valence-electron chi connectivity index (χ3n) is 8.84. The number of nitriles is 1. The molecule has 10 nitrogen and oxygen atoms in total. The van der Waals surface area contributed by atoms with Gasteiger partial charge in [0.25, 0.3) is 0 Å². The van der Waals surface area contributed by atoms with E-state index in [2.05, 4.69) is 14.5 Å². The summed E-state index contributed by atoms with van der Waals surface area (Å²) in [5.41, 5.74) is 2.40. The van der Waals surface area contributed by atoms with Crippen LogP contribution < -0.4 is 4.74 Å².